The van der Waals surface area contributed by atoms with E-state index in [1.54, 1.807) is 11.3 Å². The Labute approximate surface area is 100 Å². The first-order valence-electron chi connectivity index (χ1n) is 5.85. The molecule has 1 aromatic rings. The van der Waals surface area contributed by atoms with Gasteiger partial charge in [0.2, 0.25) is 0 Å². The number of likely N-dealkylation sites (tertiary alicyclic amines) is 1. The monoisotopic (exact) mass is 238 g/mol. The van der Waals surface area contributed by atoms with Crippen LogP contribution in [0.5, 0.6) is 0 Å². The van der Waals surface area contributed by atoms with Gasteiger partial charge >= 0.3 is 0 Å². The molecular formula is C12H18N2OS. The van der Waals surface area contributed by atoms with Gasteiger partial charge in [0.15, 0.2) is 6.29 Å². The average Bonchev–Trinajstić information content (AvgIpc) is 2.77. The Morgan fingerprint density at radius 2 is 2.19 bits per heavy atom. The fourth-order valence-electron chi connectivity index (χ4n) is 2.21. The minimum atomic E-state index is 0.564. The molecule has 0 aromatic carbocycles. The zero-order valence-corrected chi connectivity index (χ0v) is 10.7. The van der Waals surface area contributed by atoms with Crippen molar-refractivity contribution in [2.75, 3.05) is 13.1 Å². The Bertz CT molecular complexity index is 354. The highest BCUT2D eigenvalue weighted by molar-refractivity contribution is 7.09. The lowest BCUT2D eigenvalue weighted by Crippen LogP contribution is -2.37. The van der Waals surface area contributed by atoms with Gasteiger partial charge in [0, 0.05) is 17.3 Å². The van der Waals surface area contributed by atoms with Gasteiger partial charge in [0.25, 0.3) is 0 Å². The van der Waals surface area contributed by atoms with Crippen LogP contribution in [0.3, 0.4) is 0 Å². The Morgan fingerprint density at radius 3 is 2.69 bits per heavy atom. The van der Waals surface area contributed by atoms with Gasteiger partial charge in [0.1, 0.15) is 5.69 Å². The first kappa shape index (κ1) is 11.7. The Hall–Kier alpha value is -0.740. The minimum Gasteiger partial charge on any atom is -0.301 e. The summed E-state index contributed by atoms with van der Waals surface area (Å²) in [6.45, 7) is 6.79. The van der Waals surface area contributed by atoms with Gasteiger partial charge in [-0.25, -0.2) is 4.98 Å². The van der Waals surface area contributed by atoms with E-state index in [9.17, 15) is 4.79 Å². The molecule has 0 atom stereocenters. The van der Waals surface area contributed by atoms with Crippen molar-refractivity contribution in [1.29, 1.82) is 0 Å². The van der Waals surface area contributed by atoms with Crippen LogP contribution in [0.2, 0.25) is 0 Å². The molecule has 2 heterocycles. The highest BCUT2D eigenvalue weighted by Crippen LogP contribution is 2.30. The Kier molecular flexibility index (Phi) is 3.71. The van der Waals surface area contributed by atoms with Crippen LogP contribution in [0.15, 0.2) is 5.38 Å². The highest BCUT2D eigenvalue weighted by Gasteiger charge is 2.23. The van der Waals surface area contributed by atoms with Gasteiger partial charge in [-0.2, -0.15) is 0 Å². The molecule has 1 aromatic heterocycles. The summed E-state index contributed by atoms with van der Waals surface area (Å²) in [4.78, 5) is 17.4. The number of thiazole rings is 1. The third kappa shape index (κ3) is 2.50. The molecule has 88 valence electrons. The van der Waals surface area contributed by atoms with E-state index >= 15 is 0 Å². The molecule has 0 amide bonds. The van der Waals surface area contributed by atoms with Crippen LogP contribution in [0.1, 0.15) is 48.1 Å². The molecule has 0 unspecified atom stereocenters. The van der Waals surface area contributed by atoms with E-state index in [-0.39, 0.29) is 0 Å². The molecule has 0 N–H and O–H groups in total. The maximum atomic E-state index is 10.6. The predicted octanol–water partition coefficient (Wildman–Crippen LogP) is 2.54. The lowest BCUT2D eigenvalue weighted by Gasteiger charge is -2.33. The Balaban J connectivity index is 1.96. The van der Waals surface area contributed by atoms with Crippen LogP contribution >= 0.6 is 11.3 Å². The van der Waals surface area contributed by atoms with Gasteiger partial charge < -0.3 is 4.90 Å². The molecule has 1 aliphatic heterocycles. The molecule has 0 aliphatic carbocycles. The highest BCUT2D eigenvalue weighted by atomic mass is 32.1. The van der Waals surface area contributed by atoms with Crippen molar-refractivity contribution in [3.63, 3.8) is 0 Å². The summed E-state index contributed by atoms with van der Waals surface area (Å²) < 4.78 is 0. The van der Waals surface area contributed by atoms with E-state index in [2.05, 4.69) is 23.7 Å². The molecular weight excluding hydrogens is 220 g/mol. The van der Waals surface area contributed by atoms with Crippen molar-refractivity contribution >= 4 is 17.6 Å². The van der Waals surface area contributed by atoms with Crippen molar-refractivity contribution in [2.24, 2.45) is 0 Å². The SMILES string of the molecule is CC(C)N1CCC(c2nc(C=O)cs2)CC1. The second-order valence-corrected chi connectivity index (χ2v) is 5.52. The first-order chi connectivity index (χ1) is 7.70. The van der Waals surface area contributed by atoms with Crippen LogP contribution in [0, 0.1) is 0 Å². The van der Waals surface area contributed by atoms with E-state index in [0.717, 1.165) is 24.4 Å². The van der Waals surface area contributed by atoms with Gasteiger partial charge in [-0.05, 0) is 39.8 Å². The Morgan fingerprint density at radius 1 is 1.50 bits per heavy atom. The second kappa shape index (κ2) is 5.06. The van der Waals surface area contributed by atoms with Gasteiger partial charge in [-0.3, -0.25) is 4.79 Å². The molecule has 3 nitrogen and oxygen atoms in total. The summed E-state index contributed by atoms with van der Waals surface area (Å²) in [6.07, 6.45) is 3.18. The number of aldehydes is 1. The summed E-state index contributed by atoms with van der Waals surface area (Å²) in [5, 5.41) is 3.00. The fraction of sp³-hybridized carbons (Fsp3) is 0.667. The maximum Gasteiger partial charge on any atom is 0.169 e. The average molecular weight is 238 g/mol. The molecule has 0 spiro atoms. The lowest BCUT2D eigenvalue weighted by molar-refractivity contribution is 0.111. The number of carbonyl (C=O) groups excluding carboxylic acids is 1. The standard InChI is InChI=1S/C12H18N2OS/c1-9(2)14-5-3-10(4-6-14)12-13-11(7-15)8-16-12/h7-10H,3-6H2,1-2H3. The number of hydrogen-bond donors (Lipinski definition) is 0. The summed E-state index contributed by atoms with van der Waals surface area (Å²) in [5.74, 6) is 0.564. The molecule has 0 saturated carbocycles. The van der Waals surface area contributed by atoms with Crippen LogP contribution in [0.4, 0.5) is 0 Å². The van der Waals surface area contributed by atoms with E-state index in [0.29, 0.717) is 17.7 Å². The van der Waals surface area contributed by atoms with Crippen molar-refractivity contribution < 1.29 is 4.79 Å². The summed E-state index contributed by atoms with van der Waals surface area (Å²) >= 11 is 1.63. The van der Waals surface area contributed by atoms with E-state index in [1.165, 1.54) is 12.8 Å². The number of carbonyl (C=O) groups is 1. The van der Waals surface area contributed by atoms with Crippen LogP contribution in [-0.2, 0) is 0 Å². The number of aromatic nitrogens is 1. The van der Waals surface area contributed by atoms with Crippen LogP contribution in [0.25, 0.3) is 0 Å². The molecule has 2 rings (SSSR count). The zero-order chi connectivity index (χ0) is 11.5. The second-order valence-electron chi connectivity index (χ2n) is 4.63. The number of hydrogen-bond acceptors (Lipinski definition) is 4. The van der Waals surface area contributed by atoms with Crippen molar-refractivity contribution in [1.82, 2.24) is 9.88 Å². The number of nitrogens with zero attached hydrogens (tertiary/aromatic N) is 2. The lowest BCUT2D eigenvalue weighted by atomic mass is 9.97. The van der Waals surface area contributed by atoms with Crippen molar-refractivity contribution in [2.45, 2.75) is 38.6 Å². The predicted molar refractivity (Wildman–Crippen MR) is 66.2 cm³/mol. The van der Waals surface area contributed by atoms with Crippen LogP contribution < -0.4 is 0 Å². The molecule has 16 heavy (non-hydrogen) atoms. The molecule has 1 aliphatic rings. The van der Waals surface area contributed by atoms with Crippen LogP contribution in [-0.4, -0.2) is 35.3 Å². The number of piperidine rings is 1. The largest absolute Gasteiger partial charge is 0.301 e. The molecule has 1 fully saturated rings. The summed E-state index contributed by atoms with van der Waals surface area (Å²) in [5.41, 5.74) is 0.589. The quantitative estimate of drug-likeness (QED) is 0.759. The smallest absolute Gasteiger partial charge is 0.169 e. The van der Waals surface area contributed by atoms with E-state index in [1.807, 2.05) is 5.38 Å². The summed E-state index contributed by atoms with van der Waals surface area (Å²) in [6, 6.07) is 0.641. The number of rotatable bonds is 3. The van der Waals surface area contributed by atoms with Crippen molar-refractivity contribution in [3.05, 3.63) is 16.1 Å². The van der Waals surface area contributed by atoms with E-state index < -0.39 is 0 Å². The van der Waals surface area contributed by atoms with Gasteiger partial charge in [0.05, 0.1) is 5.01 Å². The normalized spacial score (nSPS) is 19.2. The van der Waals surface area contributed by atoms with E-state index in [4.69, 9.17) is 0 Å². The molecule has 0 bridgehead atoms. The van der Waals surface area contributed by atoms with Crippen molar-refractivity contribution in [3.8, 4) is 0 Å². The fourth-order valence-corrected chi connectivity index (χ4v) is 3.14. The zero-order valence-electron chi connectivity index (χ0n) is 9.85. The van der Waals surface area contributed by atoms with Gasteiger partial charge in [-0.15, -0.1) is 11.3 Å². The minimum absolute atomic E-state index is 0.564. The van der Waals surface area contributed by atoms with Gasteiger partial charge in [-0.1, -0.05) is 0 Å². The first-order valence-corrected chi connectivity index (χ1v) is 6.73. The molecule has 1 saturated heterocycles. The third-order valence-electron chi connectivity index (χ3n) is 3.27. The topological polar surface area (TPSA) is 33.2 Å². The molecule has 0 radical (unpaired) electrons. The third-order valence-corrected chi connectivity index (χ3v) is 4.29. The maximum absolute atomic E-state index is 10.6. The summed E-state index contributed by atoms with van der Waals surface area (Å²) in [7, 11) is 0. The molecule has 4 heteroatoms.